The van der Waals surface area contributed by atoms with Crippen molar-refractivity contribution in [1.29, 1.82) is 0 Å². The van der Waals surface area contributed by atoms with Gasteiger partial charge in [0, 0.05) is 43.6 Å². The van der Waals surface area contributed by atoms with E-state index in [9.17, 15) is 28.3 Å². The maximum Gasteiger partial charge on any atom is 0.274 e. The van der Waals surface area contributed by atoms with Gasteiger partial charge in [-0.25, -0.2) is 8.78 Å². The van der Waals surface area contributed by atoms with Crippen LogP contribution in [-0.4, -0.2) is 51.7 Å². The Hall–Kier alpha value is -3.27. The predicted octanol–water partition coefficient (Wildman–Crippen LogP) is 2.52. The number of hydrogen-bond donors (Lipinski definition) is 2. The molecule has 4 rings (SSSR count). The van der Waals surface area contributed by atoms with Gasteiger partial charge in [0.05, 0.1) is 11.6 Å². The molecule has 0 unspecified atom stereocenters. The van der Waals surface area contributed by atoms with Gasteiger partial charge in [0.2, 0.25) is 5.43 Å². The van der Waals surface area contributed by atoms with Crippen LogP contribution in [0.5, 0.6) is 5.75 Å². The third-order valence-corrected chi connectivity index (χ3v) is 6.56. The minimum absolute atomic E-state index is 0.0369. The lowest BCUT2D eigenvalue weighted by molar-refractivity contribution is -0.0871. The van der Waals surface area contributed by atoms with Gasteiger partial charge in [0.15, 0.2) is 11.4 Å². The second-order valence-electron chi connectivity index (χ2n) is 9.09. The second kappa shape index (κ2) is 8.83. The molecule has 182 valence electrons. The summed E-state index contributed by atoms with van der Waals surface area (Å²) in [5, 5.41) is 13.2. The van der Waals surface area contributed by atoms with Gasteiger partial charge in [-0.05, 0) is 39.7 Å². The number of pyridine rings is 1. The molecule has 1 aromatic carbocycles. The van der Waals surface area contributed by atoms with Crippen LogP contribution in [0.25, 0.3) is 0 Å². The molecule has 0 atom stereocenters. The van der Waals surface area contributed by atoms with Crippen molar-refractivity contribution in [2.24, 2.45) is 0 Å². The minimum atomic E-state index is -0.988. The first-order valence-electron chi connectivity index (χ1n) is 11.2. The average molecular weight is 475 g/mol. The standard InChI is InChI=1S/C24H27F2N3O5/c1-4-34-16-8-24(9-16)12-28(13(2)3)23(33)19-21(31)20(30)17(11-29(19)24)22(32)27-10-14-5-6-15(25)7-18(14)26/h5-7,11,13,16,31H,4,8-10,12H2,1-3H3,(H,27,32)/t16-,24-. The Morgan fingerprint density at radius 1 is 1.29 bits per heavy atom. The summed E-state index contributed by atoms with van der Waals surface area (Å²) in [6.45, 7) is 6.19. The van der Waals surface area contributed by atoms with E-state index < -0.39 is 40.2 Å². The number of aromatic nitrogens is 1. The van der Waals surface area contributed by atoms with Gasteiger partial charge in [-0.1, -0.05) is 6.07 Å². The highest BCUT2D eigenvalue weighted by Gasteiger charge is 2.53. The van der Waals surface area contributed by atoms with Gasteiger partial charge in [-0.15, -0.1) is 0 Å². The Morgan fingerprint density at radius 3 is 2.62 bits per heavy atom. The lowest BCUT2D eigenvalue weighted by Gasteiger charge is -2.55. The molecule has 0 saturated heterocycles. The maximum absolute atomic E-state index is 13.9. The van der Waals surface area contributed by atoms with Crippen molar-refractivity contribution in [2.45, 2.75) is 57.8 Å². The molecule has 0 bridgehead atoms. The lowest BCUT2D eigenvalue weighted by atomic mass is 9.71. The van der Waals surface area contributed by atoms with E-state index >= 15 is 0 Å². The van der Waals surface area contributed by atoms with Gasteiger partial charge in [0.1, 0.15) is 17.2 Å². The quantitative estimate of drug-likeness (QED) is 0.669. The summed E-state index contributed by atoms with van der Waals surface area (Å²) in [5.74, 6) is -3.71. The number of nitrogens with zero attached hydrogens (tertiary/aromatic N) is 2. The predicted molar refractivity (Wildman–Crippen MR) is 119 cm³/mol. The summed E-state index contributed by atoms with van der Waals surface area (Å²) in [7, 11) is 0. The summed E-state index contributed by atoms with van der Waals surface area (Å²) in [5.41, 5.74) is -2.10. The van der Waals surface area contributed by atoms with Gasteiger partial charge in [-0.3, -0.25) is 14.4 Å². The molecule has 1 aromatic heterocycles. The van der Waals surface area contributed by atoms with E-state index in [2.05, 4.69) is 5.32 Å². The molecule has 1 saturated carbocycles. The maximum atomic E-state index is 13.9. The van der Waals surface area contributed by atoms with Crippen LogP contribution in [0, 0.1) is 11.6 Å². The van der Waals surface area contributed by atoms with Crippen molar-refractivity contribution >= 4 is 11.8 Å². The van der Waals surface area contributed by atoms with Crippen LogP contribution in [0.15, 0.2) is 29.2 Å². The zero-order valence-electron chi connectivity index (χ0n) is 19.2. The Balaban J connectivity index is 1.70. The fourth-order valence-electron chi connectivity index (χ4n) is 4.76. The van der Waals surface area contributed by atoms with E-state index in [1.165, 1.54) is 16.8 Å². The van der Waals surface area contributed by atoms with E-state index in [0.717, 1.165) is 6.07 Å². The summed E-state index contributed by atoms with van der Waals surface area (Å²) in [4.78, 5) is 40.4. The van der Waals surface area contributed by atoms with Gasteiger partial charge >= 0.3 is 0 Å². The smallest absolute Gasteiger partial charge is 0.274 e. The van der Waals surface area contributed by atoms with Crippen molar-refractivity contribution in [3.63, 3.8) is 0 Å². The van der Waals surface area contributed by atoms with Crippen LogP contribution >= 0.6 is 0 Å². The molecular weight excluding hydrogens is 448 g/mol. The average Bonchev–Trinajstić information content (AvgIpc) is 2.75. The fraction of sp³-hybridized carbons (Fsp3) is 0.458. The number of amides is 2. The summed E-state index contributed by atoms with van der Waals surface area (Å²) < 4.78 is 34.3. The number of fused-ring (bicyclic) bond motifs is 2. The Labute approximate surface area is 195 Å². The van der Waals surface area contributed by atoms with Crippen LogP contribution in [0.1, 0.15) is 60.0 Å². The highest BCUT2D eigenvalue weighted by molar-refractivity contribution is 5.99. The van der Waals surface area contributed by atoms with E-state index in [0.29, 0.717) is 32.1 Å². The first-order chi connectivity index (χ1) is 16.1. The molecule has 2 amide bonds. The number of aromatic hydroxyl groups is 1. The molecule has 2 aliphatic rings. The third-order valence-electron chi connectivity index (χ3n) is 6.56. The highest BCUT2D eigenvalue weighted by Crippen LogP contribution is 2.46. The first kappa shape index (κ1) is 23.9. The van der Waals surface area contributed by atoms with Crippen LogP contribution in [-0.2, 0) is 16.8 Å². The molecule has 2 aromatic rings. The van der Waals surface area contributed by atoms with Gasteiger partial charge < -0.3 is 24.6 Å². The Bertz CT molecular complexity index is 1200. The first-order valence-corrected chi connectivity index (χ1v) is 11.2. The van der Waals surface area contributed by atoms with Gasteiger partial charge in [0.25, 0.3) is 11.8 Å². The lowest BCUT2D eigenvalue weighted by Crippen LogP contribution is -2.63. The molecular formula is C24H27F2N3O5. The monoisotopic (exact) mass is 475 g/mol. The molecule has 8 nitrogen and oxygen atoms in total. The molecule has 34 heavy (non-hydrogen) atoms. The van der Waals surface area contributed by atoms with Crippen molar-refractivity contribution in [2.75, 3.05) is 13.2 Å². The minimum Gasteiger partial charge on any atom is -0.503 e. The Kier molecular flexibility index (Phi) is 6.20. The molecule has 1 aliphatic heterocycles. The summed E-state index contributed by atoms with van der Waals surface area (Å²) in [6, 6.07) is 2.79. The fourth-order valence-corrected chi connectivity index (χ4v) is 4.76. The number of carbonyl (C=O) groups is 2. The van der Waals surface area contributed by atoms with E-state index in [4.69, 9.17) is 4.74 Å². The molecule has 10 heteroatoms. The number of halogens is 2. The topological polar surface area (TPSA) is 101 Å². The van der Waals surface area contributed by atoms with Crippen molar-refractivity contribution in [3.05, 3.63) is 63.1 Å². The summed E-state index contributed by atoms with van der Waals surface area (Å²) >= 11 is 0. The van der Waals surface area contributed by atoms with Crippen LogP contribution in [0.4, 0.5) is 8.78 Å². The van der Waals surface area contributed by atoms with Crippen molar-refractivity contribution < 1.29 is 28.2 Å². The number of nitrogens with one attached hydrogen (secondary N) is 1. The van der Waals surface area contributed by atoms with Crippen LogP contribution in [0.3, 0.4) is 0 Å². The number of rotatable bonds is 6. The van der Waals surface area contributed by atoms with Crippen molar-refractivity contribution in [1.82, 2.24) is 14.8 Å². The van der Waals surface area contributed by atoms with Crippen LogP contribution < -0.4 is 10.7 Å². The third kappa shape index (κ3) is 3.96. The highest BCUT2D eigenvalue weighted by atomic mass is 19.1. The molecule has 0 radical (unpaired) electrons. The Morgan fingerprint density at radius 2 is 2.00 bits per heavy atom. The zero-order valence-corrected chi connectivity index (χ0v) is 19.2. The van der Waals surface area contributed by atoms with E-state index in [-0.39, 0.29) is 35.5 Å². The number of hydrogen-bond acceptors (Lipinski definition) is 5. The number of ether oxygens (including phenoxy) is 1. The molecule has 2 N–H and O–H groups in total. The number of benzene rings is 1. The zero-order chi connectivity index (χ0) is 24.8. The SMILES string of the molecule is CCO[C@H]1C[C@@]2(CN(C(C)C)C(=O)c3c(O)c(=O)c(C(=O)NCc4ccc(F)cc4F)cn32)C1. The molecule has 1 spiro atoms. The van der Waals surface area contributed by atoms with Crippen molar-refractivity contribution in [3.8, 4) is 5.75 Å². The second-order valence-corrected chi connectivity index (χ2v) is 9.09. The summed E-state index contributed by atoms with van der Waals surface area (Å²) in [6.07, 6.45) is 2.36. The van der Waals surface area contributed by atoms with E-state index in [1.54, 1.807) is 4.90 Å². The normalized spacial score (nSPS) is 21.5. The molecule has 1 aliphatic carbocycles. The largest absolute Gasteiger partial charge is 0.503 e. The van der Waals surface area contributed by atoms with Gasteiger partial charge in [-0.2, -0.15) is 0 Å². The number of carbonyl (C=O) groups excluding carboxylic acids is 2. The van der Waals surface area contributed by atoms with Crippen LogP contribution in [0.2, 0.25) is 0 Å². The van der Waals surface area contributed by atoms with E-state index in [1.807, 2.05) is 20.8 Å². The molecule has 1 fully saturated rings. The molecule has 2 heterocycles.